The number of benzene rings is 11. The predicted molar refractivity (Wildman–Crippen MR) is 425 cm³/mol. The van der Waals surface area contributed by atoms with Gasteiger partial charge in [-0.3, -0.25) is 0 Å². The van der Waals surface area contributed by atoms with Crippen molar-refractivity contribution in [1.29, 1.82) is 0 Å². The molecule has 116 heavy (non-hydrogen) atoms. The molecule has 594 valence electrons. The highest BCUT2D eigenvalue weighted by molar-refractivity contribution is 6.07. The summed E-state index contributed by atoms with van der Waals surface area (Å²) in [7, 11) is 1.27. The molecule has 0 unspecified atom stereocenters. The molecule has 12 rings (SSSR count). The Labute approximate surface area is 668 Å². The topological polar surface area (TPSA) is 349 Å². The minimum absolute atomic E-state index is 0.00157. The molecule has 24 heteroatoms. The van der Waals surface area contributed by atoms with Crippen molar-refractivity contribution in [2.45, 2.75) is 71.7 Å². The minimum Gasteiger partial charge on any atom is -0.478 e. The third kappa shape index (κ3) is 28.7. The van der Waals surface area contributed by atoms with E-state index in [-0.39, 0.29) is 92.7 Å². The van der Waals surface area contributed by atoms with E-state index in [4.69, 9.17) is 53.2 Å². The molecule has 3 N–H and O–H groups in total. The lowest BCUT2D eigenvalue weighted by Gasteiger charge is -2.22. The summed E-state index contributed by atoms with van der Waals surface area (Å²) >= 11 is 0. The van der Waals surface area contributed by atoms with Gasteiger partial charge >= 0.3 is 71.6 Å². The molecule has 11 aromatic rings. The van der Waals surface area contributed by atoms with Crippen molar-refractivity contribution in [2.75, 3.05) is 20.3 Å². The van der Waals surface area contributed by atoms with E-state index in [1.807, 2.05) is 79.7 Å². The third-order valence-electron chi connectivity index (χ3n) is 16.2. The summed E-state index contributed by atoms with van der Waals surface area (Å²) in [5, 5.41) is 27.0. The van der Waals surface area contributed by atoms with Crippen LogP contribution in [0.1, 0.15) is 188 Å². The van der Waals surface area contributed by atoms with Crippen LogP contribution >= 0.6 is 0 Å². The zero-order valence-corrected chi connectivity index (χ0v) is 63.4. The SMILES string of the molecule is CCCOC(=O)c1ccccc1C(=O)OCc1ccccc1.CCOC(=O)c1ccccc1C(=O)Oc1ccccc1.COC(=O)c1ccccc1C(=O)Oc1ccccc1.O=C(O)c1ccccc1C(=O)OC1CCCCC1.O=C(O)c1ccccc1C(=O)OCc1ccccc1.O=C(O)c1ccccc1C(=O)Oc1ccccc1. The van der Waals surface area contributed by atoms with Crippen LogP contribution in [0.5, 0.6) is 17.2 Å². The first-order valence-corrected chi connectivity index (χ1v) is 36.3. The number of methoxy groups -OCH3 is 1. The van der Waals surface area contributed by atoms with Crippen molar-refractivity contribution in [1.82, 2.24) is 0 Å². The van der Waals surface area contributed by atoms with Gasteiger partial charge in [0.05, 0.1) is 87.1 Å². The van der Waals surface area contributed by atoms with E-state index in [0.717, 1.165) is 43.2 Å². The van der Waals surface area contributed by atoms with Gasteiger partial charge in [-0.15, -0.1) is 0 Å². The summed E-state index contributed by atoms with van der Waals surface area (Å²) < 4.78 is 45.9. The number of rotatable bonds is 23. The second-order valence-electron chi connectivity index (χ2n) is 24.4. The van der Waals surface area contributed by atoms with Gasteiger partial charge in [-0.1, -0.05) is 201 Å². The molecule has 24 nitrogen and oxygen atoms in total. The average molecular weight is 1570 g/mol. The lowest BCUT2D eigenvalue weighted by molar-refractivity contribution is 0.0205. The van der Waals surface area contributed by atoms with Gasteiger partial charge < -0.3 is 58.0 Å². The molecular weight excluding hydrogens is 1490 g/mol. The van der Waals surface area contributed by atoms with Crippen LogP contribution in [0.2, 0.25) is 0 Å². The lowest BCUT2D eigenvalue weighted by Crippen LogP contribution is -2.22. The largest absolute Gasteiger partial charge is 0.478 e. The van der Waals surface area contributed by atoms with Crippen LogP contribution in [0.3, 0.4) is 0 Å². The van der Waals surface area contributed by atoms with Crippen molar-refractivity contribution in [3.8, 4) is 17.2 Å². The first kappa shape index (κ1) is 88.3. The molecule has 1 aliphatic carbocycles. The first-order chi connectivity index (χ1) is 56.2. The smallest absolute Gasteiger partial charge is 0.344 e. The van der Waals surface area contributed by atoms with Crippen molar-refractivity contribution >= 4 is 71.6 Å². The zero-order valence-electron chi connectivity index (χ0n) is 63.4. The van der Waals surface area contributed by atoms with Gasteiger partial charge in [-0.05, 0) is 159 Å². The summed E-state index contributed by atoms with van der Waals surface area (Å²) in [5.74, 6) is -7.34. The van der Waals surface area contributed by atoms with Crippen LogP contribution in [-0.2, 0) is 41.6 Å². The Bertz CT molecular complexity index is 5080. The highest BCUT2D eigenvalue weighted by Gasteiger charge is 2.26. The fourth-order valence-corrected chi connectivity index (χ4v) is 10.6. The Kier molecular flexibility index (Phi) is 36.5. The number of carbonyl (C=O) groups excluding carboxylic acids is 9. The molecule has 1 fully saturated rings. The predicted octanol–water partition coefficient (Wildman–Crippen LogP) is 17.6. The summed E-state index contributed by atoms with van der Waals surface area (Å²) in [6, 6.07) is 81.8. The summed E-state index contributed by atoms with van der Waals surface area (Å²) in [4.78, 5) is 140. The second-order valence-corrected chi connectivity index (χ2v) is 24.4. The molecule has 0 atom stereocenters. The number of carboxylic acids is 3. The van der Waals surface area contributed by atoms with Crippen LogP contribution in [0.25, 0.3) is 0 Å². The third-order valence-corrected chi connectivity index (χ3v) is 16.2. The van der Waals surface area contributed by atoms with Gasteiger partial charge in [0.1, 0.15) is 36.6 Å². The molecule has 0 heterocycles. The quantitative estimate of drug-likeness (QED) is 0.0304. The molecule has 11 aromatic carbocycles. The van der Waals surface area contributed by atoms with Crippen LogP contribution in [0.15, 0.2) is 297 Å². The molecule has 0 radical (unpaired) electrons. The Morgan fingerprint density at radius 1 is 0.276 bits per heavy atom. The highest BCUT2D eigenvalue weighted by Crippen LogP contribution is 2.24. The van der Waals surface area contributed by atoms with E-state index in [1.54, 1.807) is 177 Å². The summed E-state index contributed by atoms with van der Waals surface area (Å²) in [6.07, 6.45) is 5.73. The maximum absolute atomic E-state index is 12.2. The second kappa shape index (κ2) is 48.0. The molecule has 0 aromatic heterocycles. The number of para-hydroxylation sites is 3. The van der Waals surface area contributed by atoms with E-state index < -0.39 is 71.6 Å². The molecule has 0 bridgehead atoms. The highest BCUT2D eigenvalue weighted by atomic mass is 16.6. The molecule has 0 saturated heterocycles. The number of hydrogen-bond acceptors (Lipinski definition) is 21. The fourth-order valence-electron chi connectivity index (χ4n) is 10.6. The van der Waals surface area contributed by atoms with Crippen molar-refractivity contribution in [2.24, 2.45) is 0 Å². The van der Waals surface area contributed by atoms with E-state index in [2.05, 4.69) is 4.74 Å². The van der Waals surface area contributed by atoms with E-state index in [0.29, 0.717) is 23.9 Å². The fraction of sp³-hybridized carbons (Fsp3) is 0.152. The van der Waals surface area contributed by atoms with Gasteiger partial charge in [-0.2, -0.15) is 0 Å². The van der Waals surface area contributed by atoms with Gasteiger partial charge in [0.2, 0.25) is 0 Å². The maximum atomic E-state index is 12.2. The van der Waals surface area contributed by atoms with Gasteiger partial charge in [0, 0.05) is 0 Å². The Morgan fingerprint density at radius 3 is 0.810 bits per heavy atom. The molecule has 0 amide bonds. The van der Waals surface area contributed by atoms with Gasteiger partial charge in [0.25, 0.3) is 0 Å². The maximum Gasteiger partial charge on any atom is 0.344 e. The van der Waals surface area contributed by atoms with Crippen LogP contribution < -0.4 is 14.2 Å². The van der Waals surface area contributed by atoms with Crippen molar-refractivity contribution < 1.29 is 115 Å². The molecule has 0 aliphatic heterocycles. The molecule has 0 spiro atoms. The Morgan fingerprint density at radius 2 is 0.517 bits per heavy atom. The average Bonchev–Trinajstić information content (AvgIpc) is 0.888. The molecule has 1 aliphatic rings. The number of esters is 9. The lowest BCUT2D eigenvalue weighted by atomic mass is 9.97. The summed E-state index contributed by atoms with van der Waals surface area (Å²) in [5.41, 5.74) is 3.06. The van der Waals surface area contributed by atoms with E-state index >= 15 is 0 Å². The number of ether oxygens (including phenoxy) is 9. The number of aromatic carboxylic acids is 3. The summed E-state index contributed by atoms with van der Waals surface area (Å²) in [6.45, 7) is 4.48. The Hall–Kier alpha value is -14.9. The monoisotopic (exact) mass is 1570 g/mol. The molecule has 1 saturated carbocycles. The van der Waals surface area contributed by atoms with E-state index in [1.165, 1.54) is 68.1 Å². The standard InChI is InChI=1S/C18H18O4.C16H14O4.2C15H12O4.C14H16O4.C14H10O4/c1-2-12-21-17(19)15-10-6-7-11-16(15)18(20)22-13-14-8-4-3-5-9-14;1-2-19-15(17)13-10-6-7-11-14(13)16(18)20-12-8-4-3-5-9-12;1-18-14(16)12-9-5-6-10-13(12)15(17)19-11-7-3-2-4-8-11;16-14(17)12-8-4-5-9-13(12)15(18)19-10-11-6-2-1-3-7-11;2*15-13(16)11-8-4-5-9-12(11)14(17)18-10-6-2-1-3-7-10/h3-11H,2,12-13H2,1H3;3-11H,2H2,1H3;2-10H,1H3;1-9H,10H2,(H,16,17);4-5,8-10H,1-3,6-7H2,(H,15,16);1-9H,(H,15,16). The minimum atomic E-state index is -1.16. The number of carbonyl (C=O) groups is 12. The van der Waals surface area contributed by atoms with Crippen molar-refractivity contribution in [3.05, 3.63) is 375 Å². The number of carboxylic acid groups (broad SMARTS) is 3. The van der Waals surface area contributed by atoms with Crippen LogP contribution in [0, 0.1) is 0 Å². The van der Waals surface area contributed by atoms with E-state index in [9.17, 15) is 57.5 Å². The molecular formula is C92H82O24. The Balaban J connectivity index is 0.000000193. The normalized spacial score (nSPS) is 10.9. The zero-order chi connectivity index (χ0) is 83.4. The van der Waals surface area contributed by atoms with Crippen molar-refractivity contribution in [3.63, 3.8) is 0 Å². The van der Waals surface area contributed by atoms with Gasteiger partial charge in [-0.25, -0.2) is 57.5 Å². The van der Waals surface area contributed by atoms with Gasteiger partial charge in [0.15, 0.2) is 0 Å². The number of hydrogen-bond donors (Lipinski definition) is 3. The first-order valence-electron chi connectivity index (χ1n) is 36.3. The van der Waals surface area contributed by atoms with Crippen LogP contribution in [-0.4, -0.2) is 113 Å². The van der Waals surface area contributed by atoms with Crippen LogP contribution in [0.4, 0.5) is 0 Å².